The number of rotatable bonds is 3. The highest BCUT2D eigenvalue weighted by atomic mass is 35.5. The molecular formula is C25H32ClN5O4. The van der Waals surface area contributed by atoms with E-state index in [4.69, 9.17) is 21.1 Å². The Bertz CT molecular complexity index is 1150. The Morgan fingerprint density at radius 1 is 1.31 bits per heavy atom. The number of ether oxygens (including phenoxy) is 2. The van der Waals surface area contributed by atoms with Crippen LogP contribution in [0.5, 0.6) is 5.75 Å². The summed E-state index contributed by atoms with van der Waals surface area (Å²) >= 11 is 6.33. The largest absolute Gasteiger partial charge is 0.490 e. The van der Waals surface area contributed by atoms with Gasteiger partial charge in [-0.15, -0.1) is 0 Å². The van der Waals surface area contributed by atoms with Crippen molar-refractivity contribution in [2.24, 2.45) is 0 Å². The van der Waals surface area contributed by atoms with Crippen molar-refractivity contribution in [3.63, 3.8) is 0 Å². The highest BCUT2D eigenvalue weighted by Gasteiger charge is 2.39. The molecule has 0 aliphatic carbocycles. The van der Waals surface area contributed by atoms with E-state index in [0.29, 0.717) is 36.8 Å². The number of amides is 2. The highest BCUT2D eigenvalue weighted by molar-refractivity contribution is 6.30. The second-order valence-electron chi connectivity index (χ2n) is 10.2. The Morgan fingerprint density at radius 2 is 2.06 bits per heavy atom. The Morgan fingerprint density at radius 3 is 2.74 bits per heavy atom. The van der Waals surface area contributed by atoms with Gasteiger partial charge < -0.3 is 24.6 Å². The minimum absolute atomic E-state index is 0.160. The van der Waals surface area contributed by atoms with E-state index >= 15 is 0 Å². The second kappa shape index (κ2) is 9.53. The first-order valence-corrected chi connectivity index (χ1v) is 12.2. The number of pyridine rings is 2. The molecule has 188 valence electrons. The molecule has 35 heavy (non-hydrogen) atoms. The molecule has 0 aromatic carbocycles. The molecule has 2 aromatic heterocycles. The van der Waals surface area contributed by atoms with E-state index in [1.807, 2.05) is 33.8 Å². The number of aromatic nitrogens is 2. The van der Waals surface area contributed by atoms with Gasteiger partial charge in [0.25, 0.3) is 5.91 Å². The maximum Gasteiger partial charge on any atom is 0.410 e. The lowest BCUT2D eigenvalue weighted by molar-refractivity contribution is 0.000957. The Balaban J connectivity index is 1.65. The molecule has 2 aliphatic heterocycles. The first kappa shape index (κ1) is 25.0. The SMILES string of the molecule is Cc1ccnc(C(C)C)c1Nc1nc(Cl)cc2c1C(=O)N1CCN(C(=O)OC(C)(C)C)C[C@@H]1CO2. The van der Waals surface area contributed by atoms with Gasteiger partial charge >= 0.3 is 6.09 Å². The summed E-state index contributed by atoms with van der Waals surface area (Å²) in [5.41, 5.74) is 2.36. The fraction of sp³-hybridized carbons (Fsp3) is 0.520. The number of nitrogens with zero attached hydrogens (tertiary/aromatic N) is 4. The number of fused-ring (bicyclic) bond motifs is 2. The van der Waals surface area contributed by atoms with Crippen molar-refractivity contribution in [3.05, 3.63) is 40.3 Å². The van der Waals surface area contributed by atoms with Crippen LogP contribution >= 0.6 is 11.6 Å². The molecule has 0 radical (unpaired) electrons. The van der Waals surface area contributed by atoms with Crippen LogP contribution in [0.1, 0.15) is 62.2 Å². The van der Waals surface area contributed by atoms with Gasteiger partial charge in [0.15, 0.2) is 0 Å². The topological polar surface area (TPSA) is 96.9 Å². The summed E-state index contributed by atoms with van der Waals surface area (Å²) < 4.78 is 11.6. The van der Waals surface area contributed by atoms with Crippen LogP contribution in [0.2, 0.25) is 5.15 Å². The predicted octanol–water partition coefficient (Wildman–Crippen LogP) is 4.76. The Kier molecular flexibility index (Phi) is 6.81. The monoisotopic (exact) mass is 501 g/mol. The quantitative estimate of drug-likeness (QED) is 0.605. The van der Waals surface area contributed by atoms with Crippen molar-refractivity contribution in [2.75, 3.05) is 31.6 Å². The molecule has 0 spiro atoms. The predicted molar refractivity (Wildman–Crippen MR) is 134 cm³/mol. The number of piperazine rings is 1. The minimum Gasteiger partial charge on any atom is -0.490 e. The molecule has 9 nitrogen and oxygen atoms in total. The van der Waals surface area contributed by atoms with Gasteiger partial charge in [-0.05, 0) is 45.2 Å². The smallest absolute Gasteiger partial charge is 0.410 e. The van der Waals surface area contributed by atoms with Gasteiger partial charge in [-0.2, -0.15) is 0 Å². The normalized spacial score (nSPS) is 17.9. The second-order valence-corrected chi connectivity index (χ2v) is 10.6. The summed E-state index contributed by atoms with van der Waals surface area (Å²) in [5, 5.41) is 3.54. The Labute approximate surface area is 210 Å². The lowest BCUT2D eigenvalue weighted by atomic mass is 10.0. The third-order valence-electron chi connectivity index (χ3n) is 5.97. The molecule has 10 heteroatoms. The van der Waals surface area contributed by atoms with Crippen molar-refractivity contribution >= 4 is 35.1 Å². The first-order chi connectivity index (χ1) is 16.4. The summed E-state index contributed by atoms with van der Waals surface area (Å²) in [7, 11) is 0. The average Bonchev–Trinajstić information content (AvgIpc) is 2.90. The number of hydrogen-bond acceptors (Lipinski definition) is 7. The maximum atomic E-state index is 13.8. The number of carbonyl (C=O) groups excluding carboxylic acids is 2. The number of hydrogen-bond donors (Lipinski definition) is 1. The molecule has 2 aliphatic rings. The summed E-state index contributed by atoms with van der Waals surface area (Å²) in [5.74, 6) is 0.632. The van der Waals surface area contributed by atoms with Crippen LogP contribution in [0, 0.1) is 6.92 Å². The van der Waals surface area contributed by atoms with Crippen molar-refractivity contribution in [1.82, 2.24) is 19.8 Å². The van der Waals surface area contributed by atoms with Crippen molar-refractivity contribution < 1.29 is 19.1 Å². The van der Waals surface area contributed by atoms with Gasteiger partial charge in [0.1, 0.15) is 34.5 Å². The summed E-state index contributed by atoms with van der Waals surface area (Å²) in [6.07, 6.45) is 1.37. The van der Waals surface area contributed by atoms with Crippen LogP contribution in [0.25, 0.3) is 0 Å². The van der Waals surface area contributed by atoms with E-state index < -0.39 is 11.7 Å². The number of anilines is 2. The molecule has 1 fully saturated rings. The van der Waals surface area contributed by atoms with Gasteiger partial charge in [-0.1, -0.05) is 25.4 Å². The molecule has 4 rings (SSSR count). The first-order valence-electron chi connectivity index (χ1n) is 11.8. The molecule has 2 aromatic rings. The van der Waals surface area contributed by atoms with E-state index in [1.54, 1.807) is 22.1 Å². The molecule has 2 amide bonds. The zero-order chi connectivity index (χ0) is 25.5. The molecule has 4 heterocycles. The maximum absolute atomic E-state index is 13.8. The summed E-state index contributed by atoms with van der Waals surface area (Å²) in [6, 6.07) is 3.14. The van der Waals surface area contributed by atoms with Gasteiger partial charge in [0, 0.05) is 31.9 Å². The van der Waals surface area contributed by atoms with Crippen LogP contribution in [0.3, 0.4) is 0 Å². The molecule has 1 atom stereocenters. The molecular weight excluding hydrogens is 470 g/mol. The third-order valence-corrected chi connectivity index (χ3v) is 6.16. The van der Waals surface area contributed by atoms with E-state index in [9.17, 15) is 9.59 Å². The minimum atomic E-state index is -0.595. The van der Waals surface area contributed by atoms with E-state index in [-0.39, 0.29) is 29.6 Å². The molecule has 0 saturated carbocycles. The van der Waals surface area contributed by atoms with E-state index in [0.717, 1.165) is 16.9 Å². The van der Waals surface area contributed by atoms with Crippen molar-refractivity contribution in [3.8, 4) is 5.75 Å². The van der Waals surface area contributed by atoms with Crippen LogP contribution in [0.4, 0.5) is 16.3 Å². The zero-order valence-electron chi connectivity index (χ0n) is 21.0. The van der Waals surface area contributed by atoms with Crippen LogP contribution in [-0.4, -0.2) is 69.7 Å². The van der Waals surface area contributed by atoms with Crippen LogP contribution in [0.15, 0.2) is 18.3 Å². The average molecular weight is 502 g/mol. The lowest BCUT2D eigenvalue weighted by Gasteiger charge is -2.40. The number of halogens is 1. The van der Waals surface area contributed by atoms with Gasteiger partial charge in [0.2, 0.25) is 0 Å². The number of aryl methyl sites for hydroxylation is 1. The number of nitrogens with one attached hydrogen (secondary N) is 1. The van der Waals surface area contributed by atoms with Crippen molar-refractivity contribution in [2.45, 2.75) is 59.1 Å². The third kappa shape index (κ3) is 5.29. The van der Waals surface area contributed by atoms with E-state index in [2.05, 4.69) is 29.1 Å². The van der Waals surface area contributed by atoms with Gasteiger partial charge in [-0.25, -0.2) is 9.78 Å². The van der Waals surface area contributed by atoms with Crippen LogP contribution in [-0.2, 0) is 4.74 Å². The number of carbonyl (C=O) groups is 2. The fourth-order valence-electron chi connectivity index (χ4n) is 4.29. The highest BCUT2D eigenvalue weighted by Crippen LogP contribution is 2.37. The fourth-order valence-corrected chi connectivity index (χ4v) is 4.47. The lowest BCUT2D eigenvalue weighted by Crippen LogP contribution is -2.58. The molecule has 0 unspecified atom stereocenters. The van der Waals surface area contributed by atoms with Crippen molar-refractivity contribution in [1.29, 1.82) is 0 Å². The van der Waals surface area contributed by atoms with E-state index in [1.165, 1.54) is 0 Å². The van der Waals surface area contributed by atoms with Gasteiger partial charge in [0.05, 0.1) is 17.4 Å². The summed E-state index contributed by atoms with van der Waals surface area (Å²) in [4.78, 5) is 38.7. The Hall–Kier alpha value is -3.07. The molecule has 1 saturated heterocycles. The molecule has 1 N–H and O–H groups in total. The molecule has 0 bridgehead atoms. The summed E-state index contributed by atoms with van der Waals surface area (Å²) in [6.45, 7) is 12.8. The van der Waals surface area contributed by atoms with Crippen LogP contribution < -0.4 is 10.1 Å². The standard InChI is InChI=1S/C25H32ClN5O4/c1-14(2)20-21(15(3)7-8-27-20)29-22-19-17(11-18(26)28-22)34-13-16-12-30(9-10-31(16)23(19)32)24(33)35-25(4,5)6/h7-8,11,14,16H,9-10,12-13H2,1-6H3,(H,28,29)/t16-/m1/s1. The zero-order valence-corrected chi connectivity index (χ0v) is 21.8. The van der Waals surface area contributed by atoms with Gasteiger partial charge in [-0.3, -0.25) is 9.78 Å².